The quantitative estimate of drug-likeness (QED) is 0.896. The monoisotopic (exact) mass is 276 g/mol. The van der Waals surface area contributed by atoms with E-state index in [1.165, 1.54) is 5.56 Å². The zero-order chi connectivity index (χ0) is 14.8. The smallest absolute Gasteiger partial charge is 0.254 e. The van der Waals surface area contributed by atoms with Gasteiger partial charge in [0.1, 0.15) is 0 Å². The fourth-order valence-electron chi connectivity index (χ4n) is 2.34. The predicted molar refractivity (Wildman–Crippen MR) is 79.8 cm³/mol. The average Bonchev–Trinajstić information content (AvgIpc) is 2.46. The zero-order valence-corrected chi connectivity index (χ0v) is 12.6. The fourth-order valence-corrected chi connectivity index (χ4v) is 2.34. The highest BCUT2D eigenvalue weighted by Gasteiger charge is 2.24. The molecule has 2 N–H and O–H groups in total. The van der Waals surface area contributed by atoms with Crippen LogP contribution in [0, 0.1) is 0 Å². The number of morpholine rings is 1. The molecule has 1 fully saturated rings. The van der Waals surface area contributed by atoms with E-state index in [2.05, 4.69) is 20.8 Å². The summed E-state index contributed by atoms with van der Waals surface area (Å²) in [5, 5.41) is 0. The van der Waals surface area contributed by atoms with Crippen LogP contribution in [-0.4, -0.2) is 43.2 Å². The van der Waals surface area contributed by atoms with Crippen LogP contribution in [0.25, 0.3) is 0 Å². The van der Waals surface area contributed by atoms with Crippen molar-refractivity contribution in [3.8, 4) is 0 Å². The molecule has 1 saturated heterocycles. The van der Waals surface area contributed by atoms with Crippen LogP contribution in [-0.2, 0) is 10.2 Å². The highest BCUT2D eigenvalue weighted by molar-refractivity contribution is 5.94. The molecule has 1 aromatic rings. The van der Waals surface area contributed by atoms with Gasteiger partial charge in [-0.05, 0) is 23.1 Å². The fraction of sp³-hybridized carbons (Fsp3) is 0.562. The SMILES string of the molecule is CC(C)(C)c1ccc(C(=O)N2CCO[C@@H](CN)C2)cc1. The van der Waals surface area contributed by atoms with Crippen molar-refractivity contribution in [1.82, 2.24) is 4.90 Å². The first-order chi connectivity index (χ1) is 9.41. The summed E-state index contributed by atoms with van der Waals surface area (Å²) in [6, 6.07) is 7.90. The third-order valence-electron chi connectivity index (χ3n) is 3.69. The van der Waals surface area contributed by atoms with Crippen LogP contribution in [0.1, 0.15) is 36.7 Å². The summed E-state index contributed by atoms with van der Waals surface area (Å²) in [5.74, 6) is 0.0622. The first-order valence-corrected chi connectivity index (χ1v) is 7.13. The standard InChI is InChI=1S/C16H24N2O2/c1-16(2,3)13-6-4-12(5-7-13)15(19)18-8-9-20-14(10-17)11-18/h4-7,14H,8-11,17H2,1-3H3/t14-/m0/s1. The van der Waals surface area contributed by atoms with Gasteiger partial charge in [-0.2, -0.15) is 0 Å². The van der Waals surface area contributed by atoms with Crippen LogP contribution in [0.15, 0.2) is 24.3 Å². The van der Waals surface area contributed by atoms with Crippen molar-refractivity contribution in [1.29, 1.82) is 0 Å². The van der Waals surface area contributed by atoms with Crippen molar-refractivity contribution in [2.24, 2.45) is 5.73 Å². The van der Waals surface area contributed by atoms with Crippen LogP contribution < -0.4 is 5.73 Å². The van der Waals surface area contributed by atoms with E-state index in [-0.39, 0.29) is 17.4 Å². The Hall–Kier alpha value is -1.39. The topological polar surface area (TPSA) is 55.6 Å². The van der Waals surface area contributed by atoms with Gasteiger partial charge in [-0.1, -0.05) is 32.9 Å². The number of carbonyl (C=O) groups excluding carboxylic acids is 1. The van der Waals surface area contributed by atoms with E-state index in [0.717, 1.165) is 5.56 Å². The van der Waals surface area contributed by atoms with Crippen LogP contribution in [0.5, 0.6) is 0 Å². The van der Waals surface area contributed by atoms with Crippen molar-refractivity contribution in [2.75, 3.05) is 26.2 Å². The number of ether oxygens (including phenoxy) is 1. The van der Waals surface area contributed by atoms with Gasteiger partial charge in [0.25, 0.3) is 5.91 Å². The molecule has 1 heterocycles. The minimum atomic E-state index is -0.0402. The number of benzene rings is 1. The van der Waals surface area contributed by atoms with Crippen molar-refractivity contribution in [3.05, 3.63) is 35.4 Å². The van der Waals surface area contributed by atoms with Crippen LogP contribution in [0.4, 0.5) is 0 Å². The molecule has 0 spiro atoms. The van der Waals surface area contributed by atoms with E-state index in [4.69, 9.17) is 10.5 Å². The Bertz CT molecular complexity index is 462. The Labute approximate surface area is 120 Å². The Morgan fingerprint density at radius 1 is 1.35 bits per heavy atom. The van der Waals surface area contributed by atoms with Crippen molar-refractivity contribution in [3.63, 3.8) is 0 Å². The maximum atomic E-state index is 12.5. The number of carbonyl (C=O) groups is 1. The van der Waals surface area contributed by atoms with Gasteiger partial charge >= 0.3 is 0 Å². The highest BCUT2D eigenvalue weighted by atomic mass is 16.5. The van der Waals surface area contributed by atoms with E-state index in [0.29, 0.717) is 26.2 Å². The molecular weight excluding hydrogens is 252 g/mol. The predicted octanol–water partition coefficient (Wildman–Crippen LogP) is 1.78. The zero-order valence-electron chi connectivity index (χ0n) is 12.6. The molecule has 1 amide bonds. The van der Waals surface area contributed by atoms with Gasteiger partial charge < -0.3 is 15.4 Å². The molecule has 0 aliphatic carbocycles. The normalized spacial score (nSPS) is 20.0. The number of nitrogens with two attached hydrogens (primary N) is 1. The Morgan fingerprint density at radius 2 is 2.00 bits per heavy atom. The van der Waals surface area contributed by atoms with Gasteiger partial charge in [-0.15, -0.1) is 0 Å². The Morgan fingerprint density at radius 3 is 2.55 bits per heavy atom. The van der Waals surface area contributed by atoms with Crippen LogP contribution in [0.2, 0.25) is 0 Å². The van der Waals surface area contributed by atoms with Gasteiger partial charge in [0.15, 0.2) is 0 Å². The molecule has 20 heavy (non-hydrogen) atoms. The summed E-state index contributed by atoms with van der Waals surface area (Å²) in [6.07, 6.45) is -0.0402. The van der Waals surface area contributed by atoms with E-state index in [9.17, 15) is 4.79 Å². The molecule has 0 unspecified atom stereocenters. The number of rotatable bonds is 2. The highest BCUT2D eigenvalue weighted by Crippen LogP contribution is 2.22. The van der Waals surface area contributed by atoms with E-state index < -0.39 is 0 Å². The molecule has 1 atom stereocenters. The largest absolute Gasteiger partial charge is 0.373 e. The number of amides is 1. The molecule has 4 heteroatoms. The molecular formula is C16H24N2O2. The summed E-state index contributed by atoms with van der Waals surface area (Å²) in [5.41, 5.74) is 7.68. The Kier molecular flexibility index (Phi) is 4.45. The van der Waals surface area contributed by atoms with E-state index >= 15 is 0 Å². The van der Waals surface area contributed by atoms with Crippen molar-refractivity contribution in [2.45, 2.75) is 32.3 Å². The maximum absolute atomic E-state index is 12.5. The number of nitrogens with zero attached hydrogens (tertiary/aromatic N) is 1. The van der Waals surface area contributed by atoms with Crippen molar-refractivity contribution < 1.29 is 9.53 Å². The lowest BCUT2D eigenvalue weighted by Crippen LogP contribution is -2.48. The van der Waals surface area contributed by atoms with E-state index in [1.54, 1.807) is 0 Å². The summed E-state index contributed by atoms with van der Waals surface area (Å²) in [4.78, 5) is 14.3. The molecule has 2 rings (SSSR count). The Balaban J connectivity index is 2.09. The summed E-state index contributed by atoms with van der Waals surface area (Å²) in [6.45, 7) is 8.72. The van der Waals surface area contributed by atoms with Crippen LogP contribution in [0.3, 0.4) is 0 Å². The minimum absolute atomic E-state index is 0.0402. The second-order valence-corrected chi connectivity index (χ2v) is 6.31. The first kappa shape index (κ1) is 15.0. The van der Waals surface area contributed by atoms with E-state index in [1.807, 2.05) is 29.2 Å². The molecule has 0 radical (unpaired) electrons. The first-order valence-electron chi connectivity index (χ1n) is 7.13. The van der Waals surface area contributed by atoms with Gasteiger partial charge in [0.2, 0.25) is 0 Å². The van der Waals surface area contributed by atoms with Gasteiger partial charge in [0, 0.05) is 25.2 Å². The van der Waals surface area contributed by atoms with Crippen LogP contribution >= 0.6 is 0 Å². The molecule has 0 saturated carbocycles. The van der Waals surface area contributed by atoms with Crippen molar-refractivity contribution >= 4 is 5.91 Å². The number of hydrogen-bond donors (Lipinski definition) is 1. The molecule has 1 aliphatic rings. The molecule has 0 bridgehead atoms. The third kappa shape index (κ3) is 3.38. The second-order valence-electron chi connectivity index (χ2n) is 6.31. The van der Waals surface area contributed by atoms with Gasteiger partial charge in [-0.3, -0.25) is 4.79 Å². The molecule has 0 aromatic heterocycles. The maximum Gasteiger partial charge on any atom is 0.254 e. The van der Waals surface area contributed by atoms with Gasteiger partial charge in [0.05, 0.1) is 12.7 Å². The number of hydrogen-bond acceptors (Lipinski definition) is 3. The lowest BCUT2D eigenvalue weighted by atomic mass is 9.86. The minimum Gasteiger partial charge on any atom is -0.373 e. The third-order valence-corrected chi connectivity index (χ3v) is 3.69. The summed E-state index contributed by atoms with van der Waals surface area (Å²) in [7, 11) is 0. The molecule has 4 nitrogen and oxygen atoms in total. The molecule has 110 valence electrons. The molecule has 1 aromatic carbocycles. The summed E-state index contributed by atoms with van der Waals surface area (Å²) >= 11 is 0. The lowest BCUT2D eigenvalue weighted by Gasteiger charge is -2.32. The molecule has 1 aliphatic heterocycles. The second kappa shape index (κ2) is 5.94. The lowest BCUT2D eigenvalue weighted by molar-refractivity contribution is -0.0167. The summed E-state index contributed by atoms with van der Waals surface area (Å²) < 4.78 is 5.49. The van der Waals surface area contributed by atoms with Gasteiger partial charge in [-0.25, -0.2) is 0 Å². The average molecular weight is 276 g/mol.